The van der Waals surface area contributed by atoms with Gasteiger partial charge in [-0.2, -0.15) is 8.42 Å². The van der Waals surface area contributed by atoms with E-state index >= 15 is 0 Å². The lowest BCUT2D eigenvalue weighted by Gasteiger charge is -1.85. The van der Waals surface area contributed by atoms with Crippen molar-refractivity contribution >= 4 is 32.5 Å². The summed E-state index contributed by atoms with van der Waals surface area (Å²) in [7, 11) is -2.07. The molecule has 0 saturated carbocycles. The average Bonchev–Trinajstić information content (AvgIpc) is 1.88. The van der Waals surface area contributed by atoms with Crippen molar-refractivity contribution in [3.05, 3.63) is 0 Å². The van der Waals surface area contributed by atoms with Crippen LogP contribution in [0.3, 0.4) is 0 Å². The number of hydrogen-bond acceptors (Lipinski definition) is 4. The van der Waals surface area contributed by atoms with Gasteiger partial charge < -0.3 is 0 Å². The maximum absolute atomic E-state index is 10.2. The van der Waals surface area contributed by atoms with Gasteiger partial charge in [-0.25, -0.2) is 4.99 Å². The zero-order chi connectivity index (χ0) is 7.98. The highest BCUT2D eigenvalue weighted by Crippen LogP contribution is 1.82. The van der Waals surface area contributed by atoms with Gasteiger partial charge in [-0.1, -0.05) is 0 Å². The molecule has 3 nitrogen and oxygen atoms in total. The number of rotatable bonds is 3. The van der Waals surface area contributed by atoms with E-state index in [9.17, 15) is 8.42 Å². The third-order valence-electron chi connectivity index (χ3n) is 0.925. The number of nitrogens with zero attached hydrogens (tertiary/aromatic N) is 1. The smallest absolute Gasteiger partial charge is 0.212 e. The van der Waals surface area contributed by atoms with Crippen LogP contribution >= 0.6 is 12.2 Å². The fourth-order valence-corrected chi connectivity index (χ4v) is 0.692. The van der Waals surface area contributed by atoms with E-state index in [0.717, 1.165) is 0 Å². The van der Waals surface area contributed by atoms with E-state index in [1.165, 1.54) is 0 Å². The summed E-state index contributed by atoms with van der Waals surface area (Å²) < 4.78 is 20.3. The Hall–Kier alpha value is -0.510. The molecule has 0 aromatic rings. The Morgan fingerprint density at radius 1 is 1.70 bits per heavy atom. The summed E-state index contributed by atoms with van der Waals surface area (Å²) in [6.45, 7) is 1.95. The van der Waals surface area contributed by atoms with Crippen molar-refractivity contribution in [3.8, 4) is 0 Å². The molecule has 0 aliphatic carbocycles. The molecule has 0 aromatic carbocycles. The third kappa shape index (κ3) is 4.38. The fourth-order valence-electron chi connectivity index (χ4n) is 0.342. The molecule has 56 valence electrons. The van der Waals surface area contributed by atoms with Gasteiger partial charge in [0.25, 0.3) is 0 Å². The van der Waals surface area contributed by atoms with E-state index in [1.807, 2.05) is 0 Å². The minimum absolute atomic E-state index is 0.397. The van der Waals surface area contributed by atoms with Gasteiger partial charge >= 0.3 is 0 Å². The van der Waals surface area contributed by atoms with Crippen LogP contribution in [0.15, 0.2) is 4.99 Å². The van der Waals surface area contributed by atoms with Gasteiger partial charge in [0.05, 0.1) is 11.7 Å². The second-order valence-electron chi connectivity index (χ2n) is 1.66. The molecule has 0 unspecified atom stereocenters. The third-order valence-corrected chi connectivity index (χ3v) is 1.83. The molecule has 0 N–H and O–H groups in total. The molecule has 0 radical (unpaired) electrons. The second kappa shape index (κ2) is 5.29. The number of thiocarbonyl (C=S) groups is 1. The quantitative estimate of drug-likeness (QED) is 0.467. The summed E-state index contributed by atoms with van der Waals surface area (Å²) in [6, 6.07) is 0. The molecule has 5 heteroatoms. The predicted octanol–water partition coefficient (Wildman–Crippen LogP) is 0.551. The first-order valence-electron chi connectivity index (χ1n) is 2.63. The molecule has 0 amide bonds. The Bertz CT molecular complexity index is 264. The maximum atomic E-state index is 10.2. The molecule has 0 aromatic heterocycles. The van der Waals surface area contributed by atoms with E-state index in [4.69, 9.17) is 0 Å². The highest BCUT2D eigenvalue weighted by Gasteiger charge is 1.89. The Labute approximate surface area is 66.3 Å². The molecule has 0 bridgehead atoms. The highest BCUT2D eigenvalue weighted by molar-refractivity contribution is 7.78. The van der Waals surface area contributed by atoms with Gasteiger partial charge in [-0.3, -0.25) is 0 Å². The fraction of sp³-hybridized carbons (Fsp3) is 0.600. The van der Waals surface area contributed by atoms with Crippen LogP contribution in [0.4, 0.5) is 0 Å². The zero-order valence-corrected chi connectivity index (χ0v) is 7.13. The lowest BCUT2D eigenvalue weighted by atomic mass is 10.3. The standard InChI is InChI=1S/C5H7NO2S2/c1-5(10(7)8)2-3-6-4-9/h2-3H2,1H3. The molecule has 0 fully saturated rings. The molecule has 0 rings (SSSR count). The number of aliphatic imine (C=N–C) groups is 1. The minimum Gasteiger partial charge on any atom is -0.232 e. The van der Waals surface area contributed by atoms with E-state index in [-0.39, 0.29) is 0 Å². The Kier molecular flexibility index (Phi) is 5.02. The minimum atomic E-state index is -2.07. The topological polar surface area (TPSA) is 46.5 Å². The Morgan fingerprint density at radius 2 is 2.30 bits per heavy atom. The van der Waals surface area contributed by atoms with Crippen LogP contribution in [0.1, 0.15) is 13.3 Å². The van der Waals surface area contributed by atoms with Crippen molar-refractivity contribution in [2.24, 2.45) is 4.99 Å². The number of isothiocyanates is 1. The van der Waals surface area contributed by atoms with Gasteiger partial charge in [-0.05, 0) is 19.1 Å². The molecule has 0 aliphatic rings. The largest absolute Gasteiger partial charge is 0.232 e. The monoisotopic (exact) mass is 177 g/mol. The van der Waals surface area contributed by atoms with Gasteiger partial charge in [0.1, 0.15) is 0 Å². The Morgan fingerprint density at radius 3 is 2.70 bits per heavy atom. The number of hydrogen-bond donors (Lipinski definition) is 0. The van der Waals surface area contributed by atoms with E-state index in [2.05, 4.69) is 22.4 Å². The zero-order valence-electron chi connectivity index (χ0n) is 5.49. The maximum Gasteiger partial charge on any atom is 0.212 e. The molecule has 10 heavy (non-hydrogen) atoms. The van der Waals surface area contributed by atoms with E-state index in [1.54, 1.807) is 6.92 Å². The summed E-state index contributed by atoms with van der Waals surface area (Å²) in [4.78, 5) is 3.96. The normalized spacial score (nSPS) is 8.10. The first kappa shape index (κ1) is 9.49. The van der Waals surface area contributed by atoms with Gasteiger partial charge in [0.2, 0.25) is 10.3 Å². The molecule has 0 spiro atoms. The van der Waals surface area contributed by atoms with Crippen molar-refractivity contribution in [3.63, 3.8) is 0 Å². The lowest BCUT2D eigenvalue weighted by molar-refractivity contribution is 0.626. The average molecular weight is 177 g/mol. The van der Waals surface area contributed by atoms with Crippen LogP contribution in [-0.4, -0.2) is 25.0 Å². The molecule has 0 aliphatic heterocycles. The first-order valence-corrected chi connectivity index (χ1v) is 4.12. The summed E-state index contributed by atoms with van der Waals surface area (Å²) in [5.74, 6) is 0. The van der Waals surface area contributed by atoms with Crippen molar-refractivity contribution in [1.29, 1.82) is 0 Å². The van der Waals surface area contributed by atoms with Crippen LogP contribution in [0, 0.1) is 0 Å². The molecule has 0 heterocycles. The van der Waals surface area contributed by atoms with Gasteiger partial charge in [0, 0.05) is 11.3 Å². The van der Waals surface area contributed by atoms with Crippen LogP contribution in [0.2, 0.25) is 0 Å². The van der Waals surface area contributed by atoms with Gasteiger partial charge in [-0.15, -0.1) is 0 Å². The van der Waals surface area contributed by atoms with E-state index < -0.39 is 10.3 Å². The SMILES string of the molecule is CC(CCN=C=S)=S(=O)=O. The van der Waals surface area contributed by atoms with Crippen molar-refractivity contribution in [1.82, 2.24) is 0 Å². The molecule has 0 saturated heterocycles. The highest BCUT2D eigenvalue weighted by atomic mass is 32.2. The summed E-state index contributed by atoms with van der Waals surface area (Å²) in [5, 5.41) is 2.16. The summed E-state index contributed by atoms with van der Waals surface area (Å²) >= 11 is 4.29. The Balaban J connectivity index is 3.95. The predicted molar refractivity (Wildman–Crippen MR) is 44.1 cm³/mol. The van der Waals surface area contributed by atoms with Crippen LogP contribution in [-0.2, 0) is 10.3 Å². The second-order valence-corrected chi connectivity index (χ2v) is 3.01. The van der Waals surface area contributed by atoms with Crippen molar-refractivity contribution in [2.75, 3.05) is 6.54 Å². The van der Waals surface area contributed by atoms with E-state index in [0.29, 0.717) is 17.8 Å². The van der Waals surface area contributed by atoms with Crippen molar-refractivity contribution < 1.29 is 8.42 Å². The summed E-state index contributed by atoms with van der Waals surface area (Å²) in [6.07, 6.45) is 0.430. The lowest BCUT2D eigenvalue weighted by Crippen LogP contribution is -1.94. The summed E-state index contributed by atoms with van der Waals surface area (Å²) in [5.41, 5.74) is 0. The van der Waals surface area contributed by atoms with Gasteiger partial charge in [0.15, 0.2) is 0 Å². The first-order chi connectivity index (χ1) is 4.68. The van der Waals surface area contributed by atoms with Crippen LogP contribution in [0.25, 0.3) is 0 Å². The molecular weight excluding hydrogens is 170 g/mol. The van der Waals surface area contributed by atoms with Crippen LogP contribution < -0.4 is 0 Å². The van der Waals surface area contributed by atoms with Crippen LogP contribution in [0.5, 0.6) is 0 Å². The van der Waals surface area contributed by atoms with Crippen molar-refractivity contribution in [2.45, 2.75) is 13.3 Å². The molecule has 0 atom stereocenters. The molecular formula is C5H7NO2S2.